The summed E-state index contributed by atoms with van der Waals surface area (Å²) in [6.07, 6.45) is 4.28. The second-order valence-electron chi connectivity index (χ2n) is 6.21. The molecule has 7 heteroatoms. The number of rotatable bonds is 10. The van der Waals surface area contributed by atoms with Crippen LogP contribution in [0.3, 0.4) is 0 Å². The van der Waals surface area contributed by atoms with Gasteiger partial charge in [0.05, 0.1) is 12.4 Å². The van der Waals surface area contributed by atoms with Gasteiger partial charge in [0.15, 0.2) is 0 Å². The highest BCUT2D eigenvalue weighted by Gasteiger charge is 2.35. The minimum atomic E-state index is -3.23. The number of hydrogen-bond donors (Lipinski definition) is 0. The molecule has 0 heterocycles. The van der Waals surface area contributed by atoms with E-state index in [1.807, 2.05) is 13.8 Å². The van der Waals surface area contributed by atoms with Crippen molar-refractivity contribution in [3.05, 3.63) is 0 Å². The van der Waals surface area contributed by atoms with Crippen molar-refractivity contribution in [1.29, 1.82) is 0 Å². The van der Waals surface area contributed by atoms with Crippen molar-refractivity contribution in [1.82, 2.24) is 4.31 Å². The summed E-state index contributed by atoms with van der Waals surface area (Å²) in [5, 5.41) is 0.103. The van der Waals surface area contributed by atoms with Gasteiger partial charge in [-0.25, -0.2) is 12.7 Å². The topological polar surface area (TPSA) is 63.7 Å². The Kier molecular flexibility index (Phi) is 8.61. The SMILES string of the molecule is CCOC(CN(C)S(C)(=O)=O)C(C)(C)CC(CC)S(C)=O. The molecule has 0 aliphatic heterocycles. The average molecular weight is 342 g/mol. The zero-order valence-corrected chi connectivity index (χ0v) is 16.0. The van der Waals surface area contributed by atoms with E-state index in [0.29, 0.717) is 13.2 Å². The van der Waals surface area contributed by atoms with Crippen LogP contribution in [0.5, 0.6) is 0 Å². The standard InChI is InChI=1S/C14H31NO4S2/c1-8-12(20(6)16)10-14(3,4)13(19-9-2)11-15(5)21(7,17)18/h12-13H,8-11H2,1-7H3. The van der Waals surface area contributed by atoms with E-state index in [1.165, 1.54) is 10.6 Å². The molecule has 3 atom stereocenters. The van der Waals surface area contributed by atoms with E-state index in [1.54, 1.807) is 13.3 Å². The number of sulfonamides is 1. The first-order valence-corrected chi connectivity index (χ1v) is 10.8. The summed E-state index contributed by atoms with van der Waals surface area (Å²) in [5.41, 5.74) is -0.249. The maximum absolute atomic E-state index is 11.8. The normalized spacial score (nSPS) is 17.7. The summed E-state index contributed by atoms with van der Waals surface area (Å²) in [5.74, 6) is 0. The summed E-state index contributed by atoms with van der Waals surface area (Å²) in [7, 11) is -2.56. The summed E-state index contributed by atoms with van der Waals surface area (Å²) < 4.78 is 42.1. The molecular formula is C14H31NO4S2. The molecule has 0 aromatic carbocycles. The average Bonchev–Trinajstić information content (AvgIpc) is 2.33. The van der Waals surface area contributed by atoms with Crippen molar-refractivity contribution in [3.8, 4) is 0 Å². The second kappa shape index (κ2) is 8.60. The van der Waals surface area contributed by atoms with E-state index in [2.05, 4.69) is 13.8 Å². The van der Waals surface area contributed by atoms with Crippen LogP contribution in [0, 0.1) is 5.41 Å². The molecule has 0 spiro atoms. The van der Waals surface area contributed by atoms with Gasteiger partial charge >= 0.3 is 0 Å². The lowest BCUT2D eigenvalue weighted by molar-refractivity contribution is -0.0305. The number of likely N-dealkylation sites (N-methyl/N-ethyl adjacent to an activating group) is 1. The van der Waals surface area contributed by atoms with E-state index < -0.39 is 20.8 Å². The number of ether oxygens (including phenoxy) is 1. The van der Waals surface area contributed by atoms with Gasteiger partial charge in [-0.2, -0.15) is 0 Å². The van der Waals surface area contributed by atoms with Crippen molar-refractivity contribution >= 4 is 20.8 Å². The lowest BCUT2D eigenvalue weighted by atomic mass is 9.81. The Morgan fingerprint density at radius 3 is 2.14 bits per heavy atom. The second-order valence-corrected chi connectivity index (χ2v) is 9.96. The number of hydrogen-bond acceptors (Lipinski definition) is 4. The van der Waals surface area contributed by atoms with E-state index in [4.69, 9.17) is 4.74 Å². The van der Waals surface area contributed by atoms with Crippen molar-refractivity contribution < 1.29 is 17.4 Å². The largest absolute Gasteiger partial charge is 0.377 e. The molecule has 0 N–H and O–H groups in total. The van der Waals surface area contributed by atoms with Crippen molar-refractivity contribution in [2.45, 2.75) is 51.9 Å². The summed E-state index contributed by atoms with van der Waals surface area (Å²) in [4.78, 5) is 0. The molecule has 0 saturated carbocycles. The maximum Gasteiger partial charge on any atom is 0.211 e. The molecule has 0 aliphatic rings. The Morgan fingerprint density at radius 1 is 1.29 bits per heavy atom. The van der Waals surface area contributed by atoms with Crippen molar-refractivity contribution in [2.24, 2.45) is 5.41 Å². The third kappa shape index (κ3) is 7.21. The van der Waals surface area contributed by atoms with Crippen LogP contribution < -0.4 is 0 Å². The molecule has 0 rings (SSSR count). The Bertz CT molecular complexity index is 434. The fourth-order valence-corrected chi connectivity index (χ4v) is 3.85. The summed E-state index contributed by atoms with van der Waals surface area (Å²) in [6.45, 7) is 8.88. The molecule has 0 amide bonds. The zero-order valence-electron chi connectivity index (χ0n) is 14.4. The van der Waals surface area contributed by atoms with Gasteiger partial charge < -0.3 is 4.74 Å². The maximum atomic E-state index is 11.8. The van der Waals surface area contributed by atoms with Crippen LogP contribution in [-0.4, -0.2) is 61.0 Å². The van der Waals surface area contributed by atoms with Gasteiger partial charge in [-0.3, -0.25) is 4.21 Å². The zero-order chi connectivity index (χ0) is 16.8. The fourth-order valence-electron chi connectivity index (χ4n) is 2.31. The Hall–Kier alpha value is 0.0200. The van der Waals surface area contributed by atoms with E-state index in [9.17, 15) is 12.6 Å². The lowest BCUT2D eigenvalue weighted by Gasteiger charge is -2.37. The first-order chi connectivity index (χ1) is 9.45. The van der Waals surface area contributed by atoms with Crippen molar-refractivity contribution in [2.75, 3.05) is 32.7 Å². The lowest BCUT2D eigenvalue weighted by Crippen LogP contribution is -2.44. The Balaban J connectivity index is 5.10. The Morgan fingerprint density at radius 2 is 1.81 bits per heavy atom. The van der Waals surface area contributed by atoms with Gasteiger partial charge in [0.1, 0.15) is 0 Å². The van der Waals surface area contributed by atoms with Crippen LogP contribution in [-0.2, 0) is 25.6 Å². The quantitative estimate of drug-likeness (QED) is 0.608. The summed E-state index contributed by atoms with van der Waals surface area (Å²) >= 11 is 0. The van der Waals surface area contributed by atoms with Gasteiger partial charge in [0.2, 0.25) is 10.0 Å². The molecule has 0 aliphatic carbocycles. The number of nitrogens with zero attached hydrogens (tertiary/aromatic N) is 1. The van der Waals surface area contributed by atoms with Gasteiger partial charge in [0.25, 0.3) is 0 Å². The third-order valence-electron chi connectivity index (χ3n) is 3.91. The highest BCUT2D eigenvalue weighted by atomic mass is 32.2. The van der Waals surface area contributed by atoms with Crippen LogP contribution in [0.15, 0.2) is 0 Å². The van der Waals surface area contributed by atoms with Gasteiger partial charge in [-0.1, -0.05) is 20.8 Å². The minimum Gasteiger partial charge on any atom is -0.377 e. The molecule has 128 valence electrons. The van der Waals surface area contributed by atoms with E-state index in [0.717, 1.165) is 12.8 Å². The predicted octanol–water partition coefficient (Wildman–Crippen LogP) is 1.86. The fraction of sp³-hybridized carbons (Fsp3) is 1.00. The van der Waals surface area contributed by atoms with Crippen LogP contribution in [0.4, 0.5) is 0 Å². The van der Waals surface area contributed by atoms with Gasteiger partial charge in [0, 0.05) is 42.5 Å². The molecule has 5 nitrogen and oxygen atoms in total. The van der Waals surface area contributed by atoms with Gasteiger partial charge in [-0.05, 0) is 25.2 Å². The van der Waals surface area contributed by atoms with Crippen LogP contribution in [0.2, 0.25) is 0 Å². The Labute approximate surface area is 132 Å². The molecule has 0 saturated heterocycles. The molecule has 21 heavy (non-hydrogen) atoms. The molecule has 0 aromatic heterocycles. The monoisotopic (exact) mass is 341 g/mol. The van der Waals surface area contributed by atoms with Gasteiger partial charge in [-0.15, -0.1) is 0 Å². The molecule has 3 unspecified atom stereocenters. The van der Waals surface area contributed by atoms with Crippen LogP contribution >= 0.6 is 0 Å². The highest BCUT2D eigenvalue weighted by molar-refractivity contribution is 7.88. The minimum absolute atomic E-state index is 0.103. The smallest absolute Gasteiger partial charge is 0.211 e. The van der Waals surface area contributed by atoms with E-state index in [-0.39, 0.29) is 16.8 Å². The molecule has 0 radical (unpaired) electrons. The van der Waals surface area contributed by atoms with Crippen LogP contribution in [0.25, 0.3) is 0 Å². The first kappa shape index (κ1) is 21.0. The molecular weight excluding hydrogens is 310 g/mol. The highest BCUT2D eigenvalue weighted by Crippen LogP contribution is 2.32. The molecule has 0 aromatic rings. The van der Waals surface area contributed by atoms with E-state index >= 15 is 0 Å². The third-order valence-corrected chi connectivity index (χ3v) is 6.63. The summed E-state index contributed by atoms with van der Waals surface area (Å²) in [6, 6.07) is 0. The van der Waals surface area contributed by atoms with Crippen molar-refractivity contribution in [3.63, 3.8) is 0 Å². The molecule has 0 fully saturated rings. The van der Waals surface area contributed by atoms with Crippen LogP contribution in [0.1, 0.15) is 40.5 Å². The first-order valence-electron chi connectivity index (χ1n) is 7.30. The molecule has 0 bridgehead atoms. The predicted molar refractivity (Wildman–Crippen MR) is 89.4 cm³/mol.